The van der Waals surface area contributed by atoms with Crippen LogP contribution in [0.15, 0.2) is 30.3 Å². The first-order valence-electron chi connectivity index (χ1n) is 11.9. The van der Waals surface area contributed by atoms with Gasteiger partial charge in [-0.25, -0.2) is 0 Å². The minimum Gasteiger partial charge on any atom is -0.463 e. The molecule has 0 bridgehead atoms. The maximum absolute atomic E-state index is 12.7. The van der Waals surface area contributed by atoms with Crippen molar-refractivity contribution < 1.29 is 47.7 Å². The van der Waals surface area contributed by atoms with Crippen molar-refractivity contribution in [2.75, 3.05) is 20.3 Å². The van der Waals surface area contributed by atoms with Gasteiger partial charge in [-0.3, -0.25) is 24.0 Å². The summed E-state index contributed by atoms with van der Waals surface area (Å²) in [5.74, 6) is -2.84. The van der Waals surface area contributed by atoms with Crippen LogP contribution in [-0.4, -0.2) is 80.6 Å². The van der Waals surface area contributed by atoms with Crippen LogP contribution in [0.2, 0.25) is 0 Å². The van der Waals surface area contributed by atoms with Gasteiger partial charge in [-0.05, 0) is 12.0 Å². The normalized spacial score (nSPS) is 22.9. The third-order valence-electron chi connectivity index (χ3n) is 5.42. The predicted molar refractivity (Wildman–Crippen MR) is 128 cm³/mol. The van der Waals surface area contributed by atoms with Crippen LogP contribution in [0.4, 0.5) is 0 Å². The van der Waals surface area contributed by atoms with Crippen LogP contribution in [0, 0.1) is 0 Å². The van der Waals surface area contributed by atoms with E-state index in [4.69, 9.17) is 23.7 Å². The van der Waals surface area contributed by atoms with Gasteiger partial charge < -0.3 is 34.3 Å². The summed E-state index contributed by atoms with van der Waals surface area (Å²) >= 11 is 0. The van der Waals surface area contributed by atoms with E-state index in [9.17, 15) is 24.0 Å². The Labute approximate surface area is 215 Å². The second kappa shape index (κ2) is 14.9. The number of hydrogen-bond acceptors (Lipinski definition) is 10. The van der Waals surface area contributed by atoms with Gasteiger partial charge in [0.25, 0.3) is 0 Å². The number of carbonyl (C=O) groups is 5. The standard InChI is InChI=1S/C25H34N2O10/c1-15(28)34-14-19-23(35-16(2)29)24(36-17(3)30)22(25(33-4)37-19)27-21(32)11-10-20(31)26-13-12-18-8-6-5-7-9-18/h5-9,19,22-25H,10-14H2,1-4H3,(H,26,31)(H,27,32)/t19-,22-,23-,24-,25-/m1/s1. The summed E-state index contributed by atoms with van der Waals surface area (Å²) in [6.07, 6.45) is -4.18. The van der Waals surface area contributed by atoms with Crippen molar-refractivity contribution >= 4 is 29.7 Å². The number of rotatable bonds is 12. The SMILES string of the molecule is CO[C@@H]1O[C@H](COC(C)=O)[C@@H](OC(C)=O)[C@H](OC(C)=O)[C@H]1NC(=O)CCC(=O)NCCc1ccccc1. The zero-order valence-electron chi connectivity index (χ0n) is 21.4. The van der Waals surface area contributed by atoms with Gasteiger partial charge in [0, 0.05) is 47.3 Å². The van der Waals surface area contributed by atoms with Crippen LogP contribution in [0.3, 0.4) is 0 Å². The minimum atomic E-state index is -1.22. The van der Waals surface area contributed by atoms with Crippen LogP contribution in [0.5, 0.6) is 0 Å². The van der Waals surface area contributed by atoms with Crippen molar-refractivity contribution in [2.45, 2.75) is 70.7 Å². The highest BCUT2D eigenvalue weighted by Gasteiger charge is 2.51. The summed E-state index contributed by atoms with van der Waals surface area (Å²) in [7, 11) is 1.31. The third kappa shape index (κ3) is 10.2. The summed E-state index contributed by atoms with van der Waals surface area (Å²) in [5.41, 5.74) is 1.08. The summed E-state index contributed by atoms with van der Waals surface area (Å²) in [5, 5.41) is 5.42. The summed E-state index contributed by atoms with van der Waals surface area (Å²) in [4.78, 5) is 59.9. The monoisotopic (exact) mass is 522 g/mol. The molecule has 204 valence electrons. The number of carbonyl (C=O) groups excluding carboxylic acids is 5. The average Bonchev–Trinajstić information content (AvgIpc) is 2.84. The Kier molecular flexibility index (Phi) is 12.0. The molecule has 2 amide bonds. The second-order valence-electron chi connectivity index (χ2n) is 8.41. The molecule has 1 aromatic carbocycles. The van der Waals surface area contributed by atoms with E-state index in [1.165, 1.54) is 14.0 Å². The lowest BCUT2D eigenvalue weighted by atomic mass is 9.96. The number of nitrogens with one attached hydrogen (secondary N) is 2. The lowest BCUT2D eigenvalue weighted by Gasteiger charge is -2.44. The molecule has 1 heterocycles. The van der Waals surface area contributed by atoms with Gasteiger partial charge in [-0.1, -0.05) is 30.3 Å². The van der Waals surface area contributed by atoms with Crippen LogP contribution in [0.1, 0.15) is 39.2 Å². The molecule has 0 aromatic heterocycles. The first kappa shape index (κ1) is 29.7. The molecule has 1 aliphatic heterocycles. The lowest BCUT2D eigenvalue weighted by Crippen LogP contribution is -2.66. The van der Waals surface area contributed by atoms with E-state index < -0.39 is 54.5 Å². The molecule has 1 aliphatic rings. The van der Waals surface area contributed by atoms with E-state index in [-0.39, 0.29) is 25.4 Å². The molecule has 2 N–H and O–H groups in total. The van der Waals surface area contributed by atoms with Gasteiger partial charge in [0.2, 0.25) is 11.8 Å². The Morgan fingerprint density at radius 3 is 2.08 bits per heavy atom. The highest BCUT2D eigenvalue weighted by atomic mass is 16.7. The molecule has 37 heavy (non-hydrogen) atoms. The number of hydrogen-bond donors (Lipinski definition) is 2. The lowest BCUT2D eigenvalue weighted by molar-refractivity contribution is -0.271. The molecule has 12 nitrogen and oxygen atoms in total. The molecular weight excluding hydrogens is 488 g/mol. The molecule has 0 saturated carbocycles. The van der Waals surface area contributed by atoms with Gasteiger partial charge in [0.05, 0.1) is 0 Å². The van der Waals surface area contributed by atoms with Crippen molar-refractivity contribution in [3.63, 3.8) is 0 Å². The largest absolute Gasteiger partial charge is 0.463 e. The molecule has 1 aromatic rings. The second-order valence-corrected chi connectivity index (χ2v) is 8.41. The maximum atomic E-state index is 12.7. The molecular formula is C25H34N2O10. The van der Waals surface area contributed by atoms with E-state index in [0.717, 1.165) is 19.4 Å². The van der Waals surface area contributed by atoms with E-state index in [2.05, 4.69) is 10.6 Å². The Morgan fingerprint density at radius 2 is 1.49 bits per heavy atom. The third-order valence-corrected chi connectivity index (χ3v) is 5.42. The highest BCUT2D eigenvalue weighted by molar-refractivity contribution is 5.84. The number of amides is 2. The van der Waals surface area contributed by atoms with Gasteiger partial charge in [0.15, 0.2) is 18.5 Å². The van der Waals surface area contributed by atoms with Gasteiger partial charge in [-0.15, -0.1) is 0 Å². The van der Waals surface area contributed by atoms with Crippen LogP contribution < -0.4 is 10.6 Å². The Balaban J connectivity index is 2.03. The number of benzene rings is 1. The Morgan fingerprint density at radius 1 is 0.865 bits per heavy atom. The van der Waals surface area contributed by atoms with Crippen molar-refractivity contribution in [3.8, 4) is 0 Å². The molecule has 0 spiro atoms. The fourth-order valence-corrected chi connectivity index (χ4v) is 3.82. The van der Waals surface area contributed by atoms with E-state index >= 15 is 0 Å². The first-order valence-corrected chi connectivity index (χ1v) is 11.9. The number of esters is 3. The topological polar surface area (TPSA) is 156 Å². The number of methoxy groups -OCH3 is 1. The molecule has 0 radical (unpaired) electrons. The number of ether oxygens (including phenoxy) is 5. The molecule has 2 rings (SSSR count). The minimum absolute atomic E-state index is 0.0769. The fraction of sp³-hybridized carbons (Fsp3) is 0.560. The predicted octanol–water partition coefficient (Wildman–Crippen LogP) is 0.408. The van der Waals surface area contributed by atoms with E-state index in [0.29, 0.717) is 13.0 Å². The quantitative estimate of drug-likeness (QED) is 0.291. The van der Waals surface area contributed by atoms with Crippen LogP contribution in [0.25, 0.3) is 0 Å². The Hall–Kier alpha value is -3.51. The van der Waals surface area contributed by atoms with Crippen LogP contribution >= 0.6 is 0 Å². The zero-order valence-corrected chi connectivity index (χ0v) is 21.4. The van der Waals surface area contributed by atoms with Gasteiger partial charge in [0.1, 0.15) is 18.8 Å². The van der Waals surface area contributed by atoms with Gasteiger partial charge in [-0.2, -0.15) is 0 Å². The average molecular weight is 523 g/mol. The van der Waals surface area contributed by atoms with E-state index in [1.807, 2.05) is 30.3 Å². The molecule has 0 aliphatic carbocycles. The molecule has 0 unspecified atom stereocenters. The van der Waals surface area contributed by atoms with Crippen molar-refractivity contribution in [1.82, 2.24) is 10.6 Å². The molecule has 1 saturated heterocycles. The fourth-order valence-electron chi connectivity index (χ4n) is 3.82. The molecule has 5 atom stereocenters. The maximum Gasteiger partial charge on any atom is 0.303 e. The molecule has 12 heteroatoms. The highest BCUT2D eigenvalue weighted by Crippen LogP contribution is 2.27. The zero-order chi connectivity index (χ0) is 27.4. The van der Waals surface area contributed by atoms with Crippen LogP contribution in [-0.2, 0) is 54.1 Å². The summed E-state index contributed by atoms with van der Waals surface area (Å²) in [6, 6.07) is 8.57. The summed E-state index contributed by atoms with van der Waals surface area (Å²) < 4.78 is 26.8. The van der Waals surface area contributed by atoms with E-state index in [1.54, 1.807) is 0 Å². The van der Waals surface area contributed by atoms with Crippen molar-refractivity contribution in [2.24, 2.45) is 0 Å². The summed E-state index contributed by atoms with van der Waals surface area (Å²) in [6.45, 7) is 3.62. The Bertz CT molecular complexity index is 939. The molecule has 1 fully saturated rings. The first-order chi connectivity index (χ1) is 17.6. The smallest absolute Gasteiger partial charge is 0.303 e. The van der Waals surface area contributed by atoms with Crippen molar-refractivity contribution in [1.29, 1.82) is 0 Å². The van der Waals surface area contributed by atoms with Gasteiger partial charge >= 0.3 is 17.9 Å². The van der Waals surface area contributed by atoms with Crippen molar-refractivity contribution in [3.05, 3.63) is 35.9 Å².